The number of halogens is 2. The molecule has 0 aromatic heterocycles. The zero-order chi connectivity index (χ0) is 17.6. The molecule has 1 aromatic carbocycles. The Kier molecular flexibility index (Phi) is 4.44. The van der Waals surface area contributed by atoms with Crippen LogP contribution in [0.2, 0.25) is 5.02 Å². The number of hydrogen-bond donors (Lipinski definition) is 0. The Hall–Kier alpha value is -1.62. The van der Waals surface area contributed by atoms with Crippen molar-refractivity contribution in [1.82, 2.24) is 9.80 Å². The molecule has 3 saturated heterocycles. The van der Waals surface area contributed by atoms with Crippen molar-refractivity contribution in [3.63, 3.8) is 0 Å². The fraction of sp³-hybridized carbons (Fsp3) is 0.579. The highest BCUT2D eigenvalue weighted by Gasteiger charge is 2.43. The van der Waals surface area contributed by atoms with E-state index in [1.165, 1.54) is 31.4 Å². The molecule has 3 heterocycles. The Labute approximate surface area is 151 Å². The third-order valence-corrected chi connectivity index (χ3v) is 6.16. The van der Waals surface area contributed by atoms with E-state index in [1.807, 2.05) is 4.90 Å². The molecule has 4 aliphatic rings. The van der Waals surface area contributed by atoms with Gasteiger partial charge in [0.15, 0.2) is 0 Å². The van der Waals surface area contributed by atoms with Gasteiger partial charge in [0.2, 0.25) is 5.91 Å². The van der Waals surface area contributed by atoms with E-state index in [1.54, 1.807) is 4.90 Å². The summed E-state index contributed by atoms with van der Waals surface area (Å²) in [5.74, 6) is -0.314. The third-order valence-electron chi connectivity index (χ3n) is 5.92. The number of nitrogens with zero attached hydrogens (tertiary/aromatic N) is 2. The molecule has 25 heavy (non-hydrogen) atoms. The first-order chi connectivity index (χ1) is 12.0. The Balaban J connectivity index is 1.54. The first kappa shape index (κ1) is 16.8. The largest absolute Gasteiger partial charge is 0.337 e. The van der Waals surface area contributed by atoms with E-state index < -0.39 is 5.82 Å². The van der Waals surface area contributed by atoms with E-state index >= 15 is 0 Å². The van der Waals surface area contributed by atoms with Crippen LogP contribution in [-0.4, -0.2) is 47.3 Å². The lowest BCUT2D eigenvalue weighted by atomic mass is 9.83. The summed E-state index contributed by atoms with van der Waals surface area (Å²) in [6.07, 6.45) is 5.38. The molecular formula is C19H22ClFN2O2. The lowest BCUT2D eigenvalue weighted by Gasteiger charge is -2.40. The fourth-order valence-corrected chi connectivity index (χ4v) is 4.39. The van der Waals surface area contributed by atoms with E-state index in [-0.39, 0.29) is 34.4 Å². The topological polar surface area (TPSA) is 40.6 Å². The number of amides is 2. The minimum Gasteiger partial charge on any atom is -0.337 e. The van der Waals surface area contributed by atoms with Crippen molar-refractivity contribution in [2.75, 3.05) is 19.6 Å². The zero-order valence-corrected chi connectivity index (χ0v) is 14.8. The Bertz CT molecular complexity index is 707. The summed E-state index contributed by atoms with van der Waals surface area (Å²) in [5.41, 5.74) is 0.0312. The van der Waals surface area contributed by atoms with E-state index in [4.69, 9.17) is 11.6 Å². The Morgan fingerprint density at radius 1 is 1.20 bits per heavy atom. The van der Waals surface area contributed by atoms with Crippen molar-refractivity contribution in [3.8, 4) is 0 Å². The lowest BCUT2D eigenvalue weighted by Crippen LogP contribution is -2.50. The highest BCUT2D eigenvalue weighted by molar-refractivity contribution is 6.30. The van der Waals surface area contributed by atoms with Crippen LogP contribution in [0.3, 0.4) is 0 Å². The van der Waals surface area contributed by atoms with Crippen LogP contribution in [-0.2, 0) is 4.79 Å². The molecular weight excluding hydrogens is 343 g/mol. The molecule has 1 aliphatic carbocycles. The van der Waals surface area contributed by atoms with Gasteiger partial charge in [-0.3, -0.25) is 9.59 Å². The first-order valence-corrected chi connectivity index (χ1v) is 9.45. The van der Waals surface area contributed by atoms with Crippen LogP contribution in [0.25, 0.3) is 0 Å². The number of hydrogen-bond acceptors (Lipinski definition) is 2. The van der Waals surface area contributed by atoms with Gasteiger partial charge in [0, 0.05) is 30.7 Å². The highest BCUT2D eigenvalue weighted by atomic mass is 35.5. The van der Waals surface area contributed by atoms with Gasteiger partial charge in [-0.05, 0) is 49.8 Å². The molecule has 2 bridgehead atoms. The summed E-state index contributed by atoms with van der Waals surface area (Å²) in [4.78, 5) is 29.3. The molecule has 0 radical (unpaired) electrons. The average molecular weight is 365 g/mol. The van der Waals surface area contributed by atoms with Gasteiger partial charge < -0.3 is 9.80 Å². The number of fused-ring (bicyclic) bond motifs is 4. The Morgan fingerprint density at radius 2 is 2.00 bits per heavy atom. The van der Waals surface area contributed by atoms with Gasteiger partial charge >= 0.3 is 0 Å². The van der Waals surface area contributed by atoms with Crippen LogP contribution in [0, 0.1) is 17.7 Å². The molecule has 6 heteroatoms. The van der Waals surface area contributed by atoms with Crippen molar-refractivity contribution in [2.45, 2.75) is 38.1 Å². The summed E-state index contributed by atoms with van der Waals surface area (Å²) in [5, 5.41) is 0.270. The molecule has 1 aromatic rings. The summed E-state index contributed by atoms with van der Waals surface area (Å²) in [6.45, 7) is 1.70. The molecule has 2 amide bonds. The molecule has 4 fully saturated rings. The maximum Gasteiger partial charge on any atom is 0.256 e. The standard InChI is InChI=1S/C19H22ClFN2O2/c20-14-5-7-16(17(21)8-14)19(25)22-10-13-4-6-15(11-22)23(18(13)24)9-12-2-1-3-12/h5,7-8,12-13,15H,1-4,6,9-11H2/t13-,15+/m0/s1. The van der Waals surface area contributed by atoms with Crippen molar-refractivity contribution in [1.29, 1.82) is 0 Å². The van der Waals surface area contributed by atoms with E-state index in [2.05, 4.69) is 0 Å². The van der Waals surface area contributed by atoms with Gasteiger partial charge in [0.25, 0.3) is 5.91 Å². The number of carbonyl (C=O) groups excluding carboxylic acids is 2. The van der Waals surface area contributed by atoms with E-state index in [0.717, 1.165) is 25.5 Å². The van der Waals surface area contributed by atoms with Crippen LogP contribution >= 0.6 is 11.6 Å². The summed E-state index contributed by atoms with van der Waals surface area (Å²) in [7, 11) is 0. The number of rotatable bonds is 3. The highest BCUT2D eigenvalue weighted by Crippen LogP contribution is 2.34. The van der Waals surface area contributed by atoms with Crippen LogP contribution in [0.5, 0.6) is 0 Å². The number of benzene rings is 1. The number of carbonyl (C=O) groups is 2. The summed E-state index contributed by atoms with van der Waals surface area (Å²) >= 11 is 5.78. The Morgan fingerprint density at radius 3 is 2.68 bits per heavy atom. The predicted octanol–water partition coefficient (Wildman–Crippen LogP) is 3.34. The molecule has 0 spiro atoms. The normalized spacial score (nSPS) is 26.6. The van der Waals surface area contributed by atoms with Crippen molar-refractivity contribution < 1.29 is 14.0 Å². The monoisotopic (exact) mass is 364 g/mol. The van der Waals surface area contributed by atoms with Crippen molar-refractivity contribution in [3.05, 3.63) is 34.6 Å². The smallest absolute Gasteiger partial charge is 0.256 e. The first-order valence-electron chi connectivity index (χ1n) is 9.07. The van der Waals surface area contributed by atoms with Gasteiger partial charge in [-0.1, -0.05) is 18.0 Å². The molecule has 4 nitrogen and oxygen atoms in total. The molecule has 0 N–H and O–H groups in total. The summed E-state index contributed by atoms with van der Waals surface area (Å²) in [6, 6.07) is 4.18. The molecule has 3 aliphatic heterocycles. The summed E-state index contributed by atoms with van der Waals surface area (Å²) < 4.78 is 14.1. The molecule has 5 rings (SSSR count). The molecule has 134 valence electrons. The molecule has 1 saturated carbocycles. The minimum absolute atomic E-state index is 0.0312. The van der Waals surface area contributed by atoms with Crippen LogP contribution in [0.4, 0.5) is 4.39 Å². The quantitative estimate of drug-likeness (QED) is 0.825. The average Bonchev–Trinajstić information content (AvgIpc) is 2.82. The van der Waals surface area contributed by atoms with Gasteiger partial charge in [-0.25, -0.2) is 4.39 Å². The van der Waals surface area contributed by atoms with Crippen molar-refractivity contribution >= 4 is 23.4 Å². The minimum atomic E-state index is -0.605. The zero-order valence-electron chi connectivity index (χ0n) is 14.1. The van der Waals surface area contributed by atoms with Gasteiger partial charge in [0.1, 0.15) is 5.82 Å². The maximum atomic E-state index is 14.1. The fourth-order valence-electron chi connectivity index (χ4n) is 4.23. The van der Waals surface area contributed by atoms with Crippen LogP contribution < -0.4 is 0 Å². The van der Waals surface area contributed by atoms with Gasteiger partial charge in [0.05, 0.1) is 11.5 Å². The second-order valence-electron chi connectivity index (χ2n) is 7.55. The van der Waals surface area contributed by atoms with Gasteiger partial charge in [-0.2, -0.15) is 0 Å². The molecule has 0 unspecified atom stereocenters. The van der Waals surface area contributed by atoms with Crippen LogP contribution in [0.15, 0.2) is 18.2 Å². The van der Waals surface area contributed by atoms with Crippen molar-refractivity contribution in [2.24, 2.45) is 11.8 Å². The SMILES string of the molecule is O=C(c1ccc(Cl)cc1F)N1C[C@@H]2CC[C@H](C1)N(CC1CCC1)C2=O. The second kappa shape index (κ2) is 6.60. The third kappa shape index (κ3) is 3.14. The predicted molar refractivity (Wildman–Crippen MR) is 92.9 cm³/mol. The lowest BCUT2D eigenvalue weighted by molar-refractivity contribution is -0.141. The van der Waals surface area contributed by atoms with Crippen LogP contribution in [0.1, 0.15) is 42.5 Å². The van der Waals surface area contributed by atoms with E-state index in [0.29, 0.717) is 19.0 Å². The number of piperidine rings is 1. The van der Waals surface area contributed by atoms with Gasteiger partial charge in [-0.15, -0.1) is 0 Å². The maximum absolute atomic E-state index is 14.1. The molecule has 2 atom stereocenters. The second-order valence-corrected chi connectivity index (χ2v) is 7.99. The van der Waals surface area contributed by atoms with E-state index in [9.17, 15) is 14.0 Å².